The lowest BCUT2D eigenvalue weighted by Gasteiger charge is -2.27. The summed E-state index contributed by atoms with van der Waals surface area (Å²) in [5.74, 6) is -1.55. The van der Waals surface area contributed by atoms with Gasteiger partial charge < -0.3 is 20.6 Å². The fourth-order valence-electron chi connectivity index (χ4n) is 5.95. The van der Waals surface area contributed by atoms with Crippen molar-refractivity contribution in [3.63, 3.8) is 0 Å². The molecule has 0 radical (unpaired) electrons. The lowest BCUT2D eigenvalue weighted by atomic mass is 10.0. The molecule has 2 amide bonds. The molecule has 3 heterocycles. The van der Waals surface area contributed by atoms with Gasteiger partial charge in [-0.3, -0.25) is 14.6 Å². The number of aliphatic hydroxyl groups is 1. The highest BCUT2D eigenvalue weighted by molar-refractivity contribution is 7.81. The zero-order valence-electron chi connectivity index (χ0n) is 22.8. The first-order valence-electron chi connectivity index (χ1n) is 13.8. The number of hydrogen-bond donors (Lipinski definition) is 3. The summed E-state index contributed by atoms with van der Waals surface area (Å²) in [6.07, 6.45) is -2.87. The zero-order valence-corrected chi connectivity index (χ0v) is 23.6. The average molecular weight is 604 g/mol. The first-order valence-corrected chi connectivity index (χ1v) is 14.2. The van der Waals surface area contributed by atoms with Crippen molar-refractivity contribution in [1.29, 1.82) is 0 Å². The van der Waals surface area contributed by atoms with Gasteiger partial charge in [-0.1, -0.05) is 19.1 Å². The Balaban J connectivity index is 1.66. The lowest BCUT2D eigenvalue weighted by Crippen LogP contribution is -2.46. The molecule has 1 unspecified atom stereocenters. The van der Waals surface area contributed by atoms with E-state index in [0.717, 1.165) is 44.4 Å². The van der Waals surface area contributed by atoms with Crippen molar-refractivity contribution in [1.82, 2.24) is 15.2 Å². The van der Waals surface area contributed by atoms with E-state index >= 15 is 0 Å². The van der Waals surface area contributed by atoms with Crippen LogP contribution in [0.3, 0.4) is 0 Å². The minimum absolute atomic E-state index is 0.0385. The molecule has 3 fully saturated rings. The van der Waals surface area contributed by atoms with Gasteiger partial charge in [-0.15, -0.1) is 0 Å². The number of carbonyl (C=O) groups is 2. The summed E-state index contributed by atoms with van der Waals surface area (Å²) in [5.41, 5.74) is -1.11. The average Bonchev–Trinajstić information content (AvgIpc) is 3.64. The molecular formula is C27H34F5N5O3S. The Kier molecular flexibility index (Phi) is 9.62. The number of nitrogens with one attached hydrogen (secondary N) is 2. The summed E-state index contributed by atoms with van der Waals surface area (Å²) in [7, 11) is 0. The number of amides is 2. The van der Waals surface area contributed by atoms with Crippen LogP contribution in [0.1, 0.15) is 82.8 Å². The lowest BCUT2D eigenvalue weighted by molar-refractivity contribution is -0.143. The molecule has 8 nitrogen and oxygen atoms in total. The standard InChI is InChI=1S/C27H34F5N5O3S/c1-3-20(27(30,31)32)36-21-11-16(24(28)29)17(12-33-21)23(41)22(26(40)37-14-7-8-15(37)10-9-14)34-13(2)25(39)35-18-5-4-6-19(18)38/h11-12,14-15,18-20,22,24,38H,3-10H2,1-2H3,(H,33,36)(H,35,39)/b34-13+/t14?,15?,18-,19-,20+,22?/m1/s1. The van der Waals surface area contributed by atoms with Crippen LogP contribution >= 0.6 is 12.2 Å². The Morgan fingerprint density at radius 3 is 2.32 bits per heavy atom. The number of halogens is 5. The minimum atomic E-state index is -4.62. The number of aliphatic hydroxyl groups excluding tert-OH is 1. The van der Waals surface area contributed by atoms with E-state index < -0.39 is 60.0 Å². The van der Waals surface area contributed by atoms with Crippen LogP contribution in [0.15, 0.2) is 17.3 Å². The largest absolute Gasteiger partial charge is 0.408 e. The SMILES string of the molecule is CC[C@H](Nc1cc(C(F)F)c(C(=S)C(/N=C(\C)C(=O)N[C@@H]2CCC[C@H]2O)C(=O)N2C3CCC2CC3)cn1)C(F)(F)F. The van der Waals surface area contributed by atoms with E-state index in [-0.39, 0.29) is 34.6 Å². The van der Waals surface area contributed by atoms with Crippen LogP contribution in [0.2, 0.25) is 0 Å². The molecule has 1 aromatic rings. The van der Waals surface area contributed by atoms with Gasteiger partial charge in [0.05, 0.1) is 22.7 Å². The third-order valence-electron chi connectivity index (χ3n) is 8.20. The molecule has 2 bridgehead atoms. The molecule has 3 N–H and O–H groups in total. The van der Waals surface area contributed by atoms with Crippen molar-refractivity contribution in [3.8, 4) is 0 Å². The Bertz CT molecular complexity index is 1180. The van der Waals surface area contributed by atoms with Gasteiger partial charge >= 0.3 is 6.18 Å². The highest BCUT2D eigenvalue weighted by atomic mass is 32.1. The van der Waals surface area contributed by atoms with Crippen molar-refractivity contribution >= 4 is 40.4 Å². The number of aromatic nitrogens is 1. The van der Waals surface area contributed by atoms with Gasteiger partial charge in [-0.2, -0.15) is 13.2 Å². The van der Waals surface area contributed by atoms with Gasteiger partial charge in [0, 0.05) is 29.4 Å². The minimum Gasteiger partial charge on any atom is -0.391 e. The molecule has 0 aromatic carbocycles. The highest BCUT2D eigenvalue weighted by Crippen LogP contribution is 2.39. The summed E-state index contributed by atoms with van der Waals surface area (Å²) in [6, 6.07) is -3.25. The van der Waals surface area contributed by atoms with E-state index in [4.69, 9.17) is 12.2 Å². The van der Waals surface area contributed by atoms with E-state index in [2.05, 4.69) is 20.6 Å². The number of pyridine rings is 1. The molecule has 1 saturated carbocycles. The second kappa shape index (κ2) is 12.6. The van der Waals surface area contributed by atoms with Crippen molar-refractivity contribution in [2.24, 2.45) is 4.99 Å². The fraction of sp³-hybridized carbons (Fsp3) is 0.667. The number of alkyl halides is 5. The van der Waals surface area contributed by atoms with Crippen molar-refractivity contribution in [2.45, 2.75) is 114 Å². The predicted octanol–water partition coefficient (Wildman–Crippen LogP) is 4.50. The monoisotopic (exact) mass is 603 g/mol. The molecule has 1 aromatic heterocycles. The Morgan fingerprint density at radius 2 is 1.80 bits per heavy atom. The van der Waals surface area contributed by atoms with Gasteiger partial charge in [0.2, 0.25) is 0 Å². The maximum atomic E-state index is 14.2. The van der Waals surface area contributed by atoms with Crippen LogP contribution in [0.25, 0.3) is 0 Å². The predicted molar refractivity (Wildman–Crippen MR) is 146 cm³/mol. The van der Waals surface area contributed by atoms with Crippen LogP contribution < -0.4 is 10.6 Å². The molecule has 2 aliphatic heterocycles. The van der Waals surface area contributed by atoms with Crippen LogP contribution in [0.5, 0.6) is 0 Å². The number of fused-ring (bicyclic) bond motifs is 2. The van der Waals surface area contributed by atoms with E-state index in [1.165, 1.54) is 13.8 Å². The summed E-state index contributed by atoms with van der Waals surface area (Å²) in [6.45, 7) is 2.67. The second-order valence-corrected chi connectivity index (χ2v) is 11.3. The normalized spacial score (nSPS) is 25.9. The highest BCUT2D eigenvalue weighted by Gasteiger charge is 2.45. The third-order valence-corrected chi connectivity index (χ3v) is 8.64. The van der Waals surface area contributed by atoms with Crippen LogP contribution in [-0.4, -0.2) is 79.9 Å². The molecule has 0 spiro atoms. The fourth-order valence-corrected chi connectivity index (χ4v) is 6.28. The Labute approximate surface area is 240 Å². The topological polar surface area (TPSA) is 107 Å². The van der Waals surface area contributed by atoms with Crippen molar-refractivity contribution < 1.29 is 36.6 Å². The summed E-state index contributed by atoms with van der Waals surface area (Å²) >= 11 is 5.54. The summed E-state index contributed by atoms with van der Waals surface area (Å²) in [5, 5.41) is 14.9. The number of nitrogens with zero attached hydrogens (tertiary/aromatic N) is 3. The Morgan fingerprint density at radius 1 is 1.17 bits per heavy atom. The number of carbonyl (C=O) groups excluding carboxylic acids is 2. The zero-order chi connectivity index (χ0) is 30.1. The Hall–Kier alpha value is -2.74. The smallest absolute Gasteiger partial charge is 0.391 e. The molecule has 2 saturated heterocycles. The molecular weight excluding hydrogens is 569 g/mol. The van der Waals surface area contributed by atoms with Gasteiger partial charge in [0.25, 0.3) is 18.2 Å². The maximum Gasteiger partial charge on any atom is 0.408 e. The molecule has 226 valence electrons. The van der Waals surface area contributed by atoms with Gasteiger partial charge in [0.15, 0.2) is 6.04 Å². The van der Waals surface area contributed by atoms with Crippen LogP contribution in [-0.2, 0) is 9.59 Å². The van der Waals surface area contributed by atoms with E-state index in [0.29, 0.717) is 12.8 Å². The van der Waals surface area contributed by atoms with Crippen molar-refractivity contribution in [2.75, 3.05) is 5.32 Å². The molecule has 1 aliphatic carbocycles. The summed E-state index contributed by atoms with van der Waals surface area (Å²) in [4.78, 5) is 36.3. The molecule has 4 atom stereocenters. The molecule has 4 rings (SSSR count). The van der Waals surface area contributed by atoms with Gasteiger partial charge in [-0.25, -0.2) is 13.8 Å². The summed E-state index contributed by atoms with van der Waals surface area (Å²) < 4.78 is 68.2. The van der Waals surface area contributed by atoms with E-state index in [1.54, 1.807) is 4.90 Å². The quantitative estimate of drug-likeness (QED) is 0.157. The number of rotatable bonds is 10. The van der Waals surface area contributed by atoms with Crippen LogP contribution in [0.4, 0.5) is 27.8 Å². The third kappa shape index (κ3) is 6.85. The molecule has 41 heavy (non-hydrogen) atoms. The number of anilines is 1. The first kappa shape index (κ1) is 31.2. The van der Waals surface area contributed by atoms with Crippen LogP contribution in [0, 0.1) is 0 Å². The molecule has 14 heteroatoms. The van der Waals surface area contributed by atoms with Gasteiger partial charge in [0.1, 0.15) is 11.9 Å². The van der Waals surface area contributed by atoms with Crippen molar-refractivity contribution in [3.05, 3.63) is 23.4 Å². The maximum absolute atomic E-state index is 14.2. The van der Waals surface area contributed by atoms with E-state index in [9.17, 15) is 36.6 Å². The number of hydrogen-bond acceptors (Lipinski definition) is 7. The molecule has 3 aliphatic rings. The number of thiocarbonyl (C=S) groups is 1. The van der Waals surface area contributed by atoms with Gasteiger partial charge in [-0.05, 0) is 64.4 Å². The van der Waals surface area contributed by atoms with E-state index in [1.807, 2.05) is 0 Å². The second-order valence-electron chi connectivity index (χ2n) is 10.9. The first-order chi connectivity index (χ1) is 19.3. The number of aliphatic imine (C=N–C) groups is 1.